The van der Waals surface area contributed by atoms with Crippen LogP contribution in [0.3, 0.4) is 0 Å². The average Bonchev–Trinajstić information content (AvgIpc) is 3.70. The Bertz CT molecular complexity index is 3720. The van der Waals surface area contributed by atoms with Crippen LogP contribution in [-0.4, -0.2) is 9.97 Å². The number of rotatable bonds is 6. The second-order valence-corrected chi connectivity index (χ2v) is 16.8. The molecule has 12 aromatic rings. The van der Waals surface area contributed by atoms with Gasteiger partial charge in [-0.3, -0.25) is 4.98 Å². The molecular weight excluding hydrogens is 773 g/mol. The van der Waals surface area contributed by atoms with Gasteiger partial charge in [0.2, 0.25) is 0 Å². The van der Waals surface area contributed by atoms with Gasteiger partial charge in [0.1, 0.15) is 0 Å². The zero-order chi connectivity index (χ0) is 42.1. The van der Waals surface area contributed by atoms with Gasteiger partial charge >= 0.3 is 0 Å². The summed E-state index contributed by atoms with van der Waals surface area (Å²) in [5.74, 6) is 0. The van der Waals surface area contributed by atoms with Crippen LogP contribution in [0.1, 0.15) is 0 Å². The fraction of sp³-hybridized carbons (Fsp3) is 0. The molecular formula is C62H38N2. The number of benzene rings is 10. The van der Waals surface area contributed by atoms with Crippen LogP contribution in [-0.2, 0) is 0 Å². The Labute approximate surface area is 371 Å². The summed E-state index contributed by atoms with van der Waals surface area (Å²) in [6.07, 6.45) is 1.97. The van der Waals surface area contributed by atoms with Crippen molar-refractivity contribution in [1.29, 1.82) is 0 Å². The zero-order valence-corrected chi connectivity index (χ0v) is 34.8. The third-order valence-corrected chi connectivity index (χ3v) is 13.2. The van der Waals surface area contributed by atoms with Crippen molar-refractivity contribution in [3.63, 3.8) is 0 Å². The van der Waals surface area contributed by atoms with E-state index in [9.17, 15) is 0 Å². The molecule has 0 radical (unpaired) electrons. The first-order chi connectivity index (χ1) is 31.7. The maximum atomic E-state index is 5.02. The third kappa shape index (κ3) is 5.81. The van der Waals surface area contributed by atoms with Gasteiger partial charge in [0, 0.05) is 17.3 Å². The average molecular weight is 811 g/mol. The normalized spacial score (nSPS) is 11.8. The van der Waals surface area contributed by atoms with Gasteiger partial charge in [-0.1, -0.05) is 188 Å². The molecule has 296 valence electrons. The van der Waals surface area contributed by atoms with E-state index < -0.39 is 0 Å². The predicted molar refractivity (Wildman–Crippen MR) is 269 cm³/mol. The smallest absolute Gasteiger partial charge is 0.0893 e. The van der Waals surface area contributed by atoms with Gasteiger partial charge in [-0.25, -0.2) is 4.98 Å². The molecule has 10 aromatic carbocycles. The van der Waals surface area contributed by atoms with Gasteiger partial charge in [-0.2, -0.15) is 0 Å². The predicted octanol–water partition coefficient (Wildman–Crippen LogP) is 16.7. The lowest BCUT2D eigenvalue weighted by atomic mass is 9.82. The molecule has 1 aliphatic carbocycles. The SMILES string of the molecule is c1ccc(-c2c3c(c(-c4ccccc4)c4ccccc24)-c2ccc(-c4ccc5cc(-c6ccc(-c7cccc(-c8ccc9ccccc9c8)n7)nc6)ccc5c4)c4cccc-3c24)cc1. The summed E-state index contributed by atoms with van der Waals surface area (Å²) in [6.45, 7) is 0. The van der Waals surface area contributed by atoms with E-state index in [1.54, 1.807) is 0 Å². The van der Waals surface area contributed by atoms with E-state index in [1.165, 1.54) is 98.7 Å². The lowest BCUT2D eigenvalue weighted by Gasteiger charge is -2.20. The topological polar surface area (TPSA) is 25.8 Å². The zero-order valence-electron chi connectivity index (χ0n) is 34.8. The molecule has 0 bridgehead atoms. The lowest BCUT2D eigenvalue weighted by Crippen LogP contribution is -1.93. The monoisotopic (exact) mass is 810 g/mol. The van der Waals surface area contributed by atoms with E-state index in [2.05, 4.69) is 218 Å². The first-order valence-electron chi connectivity index (χ1n) is 22.0. The Morgan fingerprint density at radius 1 is 0.250 bits per heavy atom. The molecule has 2 aromatic heterocycles. The van der Waals surface area contributed by atoms with Crippen molar-refractivity contribution in [2.75, 3.05) is 0 Å². The molecule has 0 spiro atoms. The number of fused-ring (bicyclic) bond motifs is 6. The fourth-order valence-electron chi connectivity index (χ4n) is 10.3. The Morgan fingerprint density at radius 3 is 1.48 bits per heavy atom. The van der Waals surface area contributed by atoms with E-state index in [0.29, 0.717) is 0 Å². The molecule has 0 fully saturated rings. The molecule has 2 heteroatoms. The van der Waals surface area contributed by atoms with Crippen LogP contribution < -0.4 is 0 Å². The molecule has 0 amide bonds. The molecule has 0 atom stereocenters. The standard InChI is InChI=1S/C62H38N2/c1-3-14-40(15-4-1)58-51-19-9-10-20-52(51)59(41-16-5-2-6-17-41)62-54-33-32-49(50-21-11-22-53(60(50)54)61(58)62)46-29-28-43-35-45(27-26-44(43)36-46)48-31-34-56(63-38-48)57-24-12-23-55(64-57)47-30-25-39-13-7-8-18-42(39)37-47/h1-38H. The molecule has 1 aliphatic rings. The van der Waals surface area contributed by atoms with E-state index >= 15 is 0 Å². The van der Waals surface area contributed by atoms with Crippen molar-refractivity contribution in [1.82, 2.24) is 9.97 Å². The van der Waals surface area contributed by atoms with Crippen LogP contribution in [0.4, 0.5) is 0 Å². The van der Waals surface area contributed by atoms with E-state index in [-0.39, 0.29) is 0 Å². The first kappa shape index (κ1) is 36.2. The number of hydrogen-bond acceptors (Lipinski definition) is 2. The summed E-state index contributed by atoms with van der Waals surface area (Å²) in [5, 5.41) is 9.97. The van der Waals surface area contributed by atoms with E-state index in [4.69, 9.17) is 9.97 Å². The van der Waals surface area contributed by atoms with Gasteiger partial charge < -0.3 is 0 Å². The van der Waals surface area contributed by atoms with E-state index in [0.717, 1.165) is 33.8 Å². The number of nitrogens with zero attached hydrogens (tertiary/aromatic N) is 2. The molecule has 2 nitrogen and oxygen atoms in total. The van der Waals surface area contributed by atoms with Gasteiger partial charge in [0.25, 0.3) is 0 Å². The van der Waals surface area contributed by atoms with Gasteiger partial charge in [-0.05, 0) is 141 Å². The molecule has 0 aliphatic heterocycles. The lowest BCUT2D eigenvalue weighted by molar-refractivity contribution is 1.25. The quantitative estimate of drug-likeness (QED) is 0.167. The number of hydrogen-bond donors (Lipinski definition) is 0. The number of aromatic nitrogens is 2. The second kappa shape index (κ2) is 14.6. The molecule has 0 unspecified atom stereocenters. The van der Waals surface area contributed by atoms with E-state index in [1.807, 2.05) is 12.3 Å². The summed E-state index contributed by atoms with van der Waals surface area (Å²) in [4.78, 5) is 9.93. The van der Waals surface area contributed by atoms with Crippen LogP contribution in [0, 0.1) is 0 Å². The highest BCUT2D eigenvalue weighted by Gasteiger charge is 2.31. The number of pyridine rings is 2. The minimum Gasteiger partial charge on any atom is -0.254 e. The van der Waals surface area contributed by atoms with Crippen LogP contribution in [0.25, 0.3) is 132 Å². The highest BCUT2D eigenvalue weighted by Crippen LogP contribution is 2.58. The second-order valence-electron chi connectivity index (χ2n) is 16.8. The summed E-state index contributed by atoms with van der Waals surface area (Å²) in [7, 11) is 0. The minimum atomic E-state index is 0.853. The molecule has 13 rings (SSSR count). The highest BCUT2D eigenvalue weighted by molar-refractivity contribution is 6.28. The van der Waals surface area contributed by atoms with Crippen molar-refractivity contribution in [2.24, 2.45) is 0 Å². The van der Waals surface area contributed by atoms with Gasteiger partial charge in [0.15, 0.2) is 0 Å². The first-order valence-corrected chi connectivity index (χ1v) is 22.0. The Hall–Kier alpha value is -8.46. The van der Waals surface area contributed by atoms with Gasteiger partial charge in [-0.15, -0.1) is 0 Å². The van der Waals surface area contributed by atoms with Crippen LogP contribution in [0.2, 0.25) is 0 Å². The summed E-state index contributed by atoms with van der Waals surface area (Å²) in [6, 6.07) is 81.4. The summed E-state index contributed by atoms with van der Waals surface area (Å²) >= 11 is 0. The molecule has 0 saturated carbocycles. The molecule has 64 heavy (non-hydrogen) atoms. The Kier molecular flexibility index (Phi) is 8.25. The highest BCUT2D eigenvalue weighted by atomic mass is 14.8. The maximum Gasteiger partial charge on any atom is 0.0893 e. The van der Waals surface area contributed by atoms with Crippen molar-refractivity contribution in [3.8, 4) is 89.4 Å². The summed E-state index contributed by atoms with van der Waals surface area (Å²) < 4.78 is 0. The van der Waals surface area contributed by atoms with Crippen molar-refractivity contribution in [3.05, 3.63) is 231 Å². The third-order valence-electron chi connectivity index (χ3n) is 13.2. The van der Waals surface area contributed by atoms with Crippen LogP contribution >= 0.6 is 0 Å². The minimum absolute atomic E-state index is 0.853. The Morgan fingerprint density at radius 2 is 0.766 bits per heavy atom. The van der Waals surface area contributed by atoms with Gasteiger partial charge in [0.05, 0.1) is 17.1 Å². The molecule has 0 N–H and O–H groups in total. The van der Waals surface area contributed by atoms with Crippen molar-refractivity contribution in [2.45, 2.75) is 0 Å². The maximum absolute atomic E-state index is 5.02. The largest absolute Gasteiger partial charge is 0.254 e. The molecule has 0 saturated heterocycles. The fourth-order valence-corrected chi connectivity index (χ4v) is 10.3. The molecule has 2 heterocycles. The van der Waals surface area contributed by atoms with Crippen molar-refractivity contribution >= 4 is 43.1 Å². The summed E-state index contributed by atoms with van der Waals surface area (Å²) in [5.41, 5.74) is 18.7. The van der Waals surface area contributed by atoms with Crippen LogP contribution in [0.5, 0.6) is 0 Å². The van der Waals surface area contributed by atoms with Crippen molar-refractivity contribution < 1.29 is 0 Å². The van der Waals surface area contributed by atoms with Crippen LogP contribution in [0.15, 0.2) is 231 Å². The Balaban J connectivity index is 0.871.